The first-order valence-electron chi connectivity index (χ1n) is 9.40. The molecule has 160 valence electrons. The Labute approximate surface area is 178 Å². The molecule has 0 aliphatic rings. The molecule has 0 bridgehead atoms. The first kappa shape index (κ1) is 23.2. The number of non-ortho nitro benzene ring substituents is 1. The number of aryl methyl sites for hydroxylation is 1. The number of nitrogens with one attached hydrogen (secondary N) is 1. The number of amides is 2. The highest BCUT2D eigenvalue weighted by Crippen LogP contribution is 2.15. The largest absolute Gasteiger partial charge is 0.382 e. The summed E-state index contributed by atoms with van der Waals surface area (Å²) in [5.74, 6) is -0.673. The van der Waals surface area contributed by atoms with E-state index in [0.29, 0.717) is 36.9 Å². The fourth-order valence-electron chi connectivity index (χ4n) is 2.49. The zero-order valence-electron chi connectivity index (χ0n) is 16.9. The minimum atomic E-state index is -0.485. The minimum Gasteiger partial charge on any atom is -0.382 e. The Kier molecular flexibility index (Phi) is 9.10. The molecular formula is C20H24N4O5S. The van der Waals surface area contributed by atoms with Crippen molar-refractivity contribution in [3.05, 3.63) is 57.1 Å². The molecule has 2 aromatic rings. The second-order valence-electron chi connectivity index (χ2n) is 6.33. The summed E-state index contributed by atoms with van der Waals surface area (Å²) in [4.78, 5) is 40.8. The summed E-state index contributed by atoms with van der Waals surface area (Å²) in [6, 6.07) is 5.85. The highest BCUT2D eigenvalue weighted by Gasteiger charge is 2.16. The van der Waals surface area contributed by atoms with Crippen LogP contribution in [0.4, 0.5) is 10.8 Å². The van der Waals surface area contributed by atoms with Crippen LogP contribution in [0.1, 0.15) is 24.6 Å². The predicted octanol–water partition coefficient (Wildman–Crippen LogP) is 3.27. The van der Waals surface area contributed by atoms with E-state index >= 15 is 0 Å². The van der Waals surface area contributed by atoms with Crippen LogP contribution in [0.2, 0.25) is 0 Å². The first-order chi connectivity index (χ1) is 14.4. The number of hydrogen-bond donors (Lipinski definition) is 1. The van der Waals surface area contributed by atoms with E-state index in [2.05, 4.69) is 10.3 Å². The summed E-state index contributed by atoms with van der Waals surface area (Å²) >= 11 is 1.32. The van der Waals surface area contributed by atoms with Crippen molar-refractivity contribution in [2.75, 3.05) is 31.6 Å². The standard InChI is InChI=1S/C20H24N4O5S/c1-3-29-12-4-11-23(13-18(25)22-20-21-15(2)14-30-20)19(26)10-7-16-5-8-17(9-6-16)24(27)28/h5-10,14H,3-4,11-13H2,1-2H3,(H,21,22,25). The van der Waals surface area contributed by atoms with Crippen molar-refractivity contribution >= 4 is 40.0 Å². The van der Waals surface area contributed by atoms with Gasteiger partial charge < -0.3 is 15.0 Å². The number of thiazole rings is 1. The van der Waals surface area contributed by atoms with Crippen LogP contribution in [0.15, 0.2) is 35.7 Å². The van der Waals surface area contributed by atoms with Crippen LogP contribution in [0.25, 0.3) is 6.08 Å². The van der Waals surface area contributed by atoms with E-state index in [0.717, 1.165) is 5.69 Å². The third-order valence-electron chi connectivity index (χ3n) is 3.95. The topological polar surface area (TPSA) is 115 Å². The number of rotatable bonds is 11. The quantitative estimate of drug-likeness (QED) is 0.252. The lowest BCUT2D eigenvalue weighted by molar-refractivity contribution is -0.384. The van der Waals surface area contributed by atoms with Crippen molar-refractivity contribution in [1.82, 2.24) is 9.88 Å². The van der Waals surface area contributed by atoms with Crippen molar-refractivity contribution < 1.29 is 19.2 Å². The van der Waals surface area contributed by atoms with Gasteiger partial charge in [0.1, 0.15) is 6.54 Å². The molecule has 0 saturated heterocycles. The fourth-order valence-corrected chi connectivity index (χ4v) is 3.20. The zero-order valence-corrected chi connectivity index (χ0v) is 17.7. The average Bonchev–Trinajstić information content (AvgIpc) is 3.13. The van der Waals surface area contributed by atoms with Crippen LogP contribution in [0.3, 0.4) is 0 Å². The van der Waals surface area contributed by atoms with Gasteiger partial charge in [-0.3, -0.25) is 19.7 Å². The maximum Gasteiger partial charge on any atom is 0.269 e. The molecular weight excluding hydrogens is 408 g/mol. The summed E-state index contributed by atoms with van der Waals surface area (Å²) in [5.41, 5.74) is 1.43. The third kappa shape index (κ3) is 7.72. The Morgan fingerprint density at radius 2 is 2.07 bits per heavy atom. The molecule has 0 radical (unpaired) electrons. The molecule has 0 atom stereocenters. The minimum absolute atomic E-state index is 0.0230. The van der Waals surface area contributed by atoms with E-state index in [-0.39, 0.29) is 24.0 Å². The Hall–Kier alpha value is -3.11. The van der Waals surface area contributed by atoms with Gasteiger partial charge in [0.25, 0.3) is 5.69 Å². The van der Waals surface area contributed by atoms with Crippen LogP contribution in [0, 0.1) is 17.0 Å². The second kappa shape index (κ2) is 11.8. The molecule has 2 amide bonds. The van der Waals surface area contributed by atoms with Crippen LogP contribution >= 0.6 is 11.3 Å². The molecule has 10 heteroatoms. The molecule has 2 rings (SSSR count). The number of nitro groups is 1. The second-order valence-corrected chi connectivity index (χ2v) is 7.19. The van der Waals surface area contributed by atoms with Crippen molar-refractivity contribution in [2.45, 2.75) is 20.3 Å². The molecule has 0 unspecified atom stereocenters. The van der Waals surface area contributed by atoms with Gasteiger partial charge in [0.15, 0.2) is 5.13 Å². The Bertz CT molecular complexity index is 895. The van der Waals surface area contributed by atoms with Gasteiger partial charge in [-0.15, -0.1) is 11.3 Å². The molecule has 1 heterocycles. The SMILES string of the molecule is CCOCCCN(CC(=O)Nc1nc(C)cs1)C(=O)C=Cc1ccc([N+](=O)[O-])cc1. The van der Waals surface area contributed by atoms with Crippen molar-refractivity contribution in [1.29, 1.82) is 0 Å². The van der Waals surface area contributed by atoms with Crippen molar-refractivity contribution in [2.24, 2.45) is 0 Å². The fraction of sp³-hybridized carbons (Fsp3) is 0.350. The molecule has 0 fully saturated rings. The highest BCUT2D eigenvalue weighted by atomic mass is 32.1. The van der Waals surface area contributed by atoms with Gasteiger partial charge in [0.2, 0.25) is 11.8 Å². The summed E-state index contributed by atoms with van der Waals surface area (Å²) < 4.78 is 5.31. The van der Waals surface area contributed by atoms with E-state index in [1.807, 2.05) is 19.2 Å². The Morgan fingerprint density at radius 3 is 2.67 bits per heavy atom. The number of carbonyl (C=O) groups is 2. The number of ether oxygens (including phenoxy) is 1. The van der Waals surface area contributed by atoms with Gasteiger partial charge >= 0.3 is 0 Å². The number of hydrogen-bond acceptors (Lipinski definition) is 7. The van der Waals surface area contributed by atoms with E-state index < -0.39 is 4.92 Å². The van der Waals surface area contributed by atoms with Crippen LogP contribution < -0.4 is 5.32 Å². The lowest BCUT2D eigenvalue weighted by Crippen LogP contribution is -2.38. The predicted molar refractivity (Wildman–Crippen MR) is 115 cm³/mol. The average molecular weight is 433 g/mol. The lowest BCUT2D eigenvalue weighted by Gasteiger charge is -2.20. The summed E-state index contributed by atoms with van der Waals surface area (Å²) in [6.07, 6.45) is 3.50. The number of aromatic nitrogens is 1. The summed E-state index contributed by atoms with van der Waals surface area (Å²) in [6.45, 7) is 5.03. The van der Waals surface area contributed by atoms with Gasteiger partial charge in [0, 0.05) is 43.3 Å². The number of nitrogens with zero attached hydrogens (tertiary/aromatic N) is 3. The number of carbonyl (C=O) groups excluding carboxylic acids is 2. The van der Waals surface area contributed by atoms with E-state index in [1.54, 1.807) is 18.2 Å². The first-order valence-corrected chi connectivity index (χ1v) is 10.3. The summed E-state index contributed by atoms with van der Waals surface area (Å²) in [7, 11) is 0. The van der Waals surface area contributed by atoms with Crippen LogP contribution in [-0.2, 0) is 14.3 Å². The molecule has 1 aromatic carbocycles. The van der Waals surface area contributed by atoms with Gasteiger partial charge in [-0.25, -0.2) is 4.98 Å². The van der Waals surface area contributed by atoms with Crippen molar-refractivity contribution in [3.63, 3.8) is 0 Å². The molecule has 1 N–H and O–H groups in total. The smallest absolute Gasteiger partial charge is 0.269 e. The normalized spacial score (nSPS) is 10.9. The highest BCUT2D eigenvalue weighted by molar-refractivity contribution is 7.13. The zero-order chi connectivity index (χ0) is 21.9. The maximum absolute atomic E-state index is 12.6. The maximum atomic E-state index is 12.6. The van der Waals surface area contributed by atoms with Crippen molar-refractivity contribution in [3.8, 4) is 0 Å². The molecule has 0 spiro atoms. The molecule has 0 aliphatic carbocycles. The van der Waals surface area contributed by atoms with Gasteiger partial charge in [-0.1, -0.05) is 0 Å². The van der Waals surface area contributed by atoms with Crippen LogP contribution in [-0.4, -0.2) is 52.9 Å². The van der Waals surface area contributed by atoms with Gasteiger partial charge in [0.05, 0.1) is 10.6 Å². The van der Waals surface area contributed by atoms with E-state index in [1.165, 1.54) is 34.4 Å². The third-order valence-corrected chi connectivity index (χ3v) is 4.83. The molecule has 30 heavy (non-hydrogen) atoms. The molecule has 0 aliphatic heterocycles. The Balaban J connectivity index is 2.01. The molecule has 9 nitrogen and oxygen atoms in total. The number of anilines is 1. The summed E-state index contributed by atoms with van der Waals surface area (Å²) in [5, 5.41) is 15.7. The lowest BCUT2D eigenvalue weighted by atomic mass is 10.2. The number of nitro benzene ring substituents is 1. The monoisotopic (exact) mass is 432 g/mol. The molecule has 0 saturated carbocycles. The van der Waals surface area contributed by atoms with E-state index in [4.69, 9.17) is 4.74 Å². The Morgan fingerprint density at radius 1 is 1.33 bits per heavy atom. The molecule has 1 aromatic heterocycles. The van der Waals surface area contributed by atoms with Crippen LogP contribution in [0.5, 0.6) is 0 Å². The number of benzene rings is 1. The van der Waals surface area contributed by atoms with Gasteiger partial charge in [-0.05, 0) is 44.0 Å². The van der Waals surface area contributed by atoms with Gasteiger partial charge in [-0.2, -0.15) is 0 Å². The van der Waals surface area contributed by atoms with E-state index in [9.17, 15) is 19.7 Å².